The number of thiazole rings is 1. The fraction of sp³-hybridized carbons (Fsp3) is 0.350. The Labute approximate surface area is 162 Å². The van der Waals surface area contributed by atoms with Crippen molar-refractivity contribution in [2.24, 2.45) is 7.05 Å². The molecule has 1 atom stereocenters. The van der Waals surface area contributed by atoms with Crippen LogP contribution in [0.25, 0.3) is 0 Å². The maximum Gasteiger partial charge on any atom is 0.257 e. The number of carbonyl (C=O) groups is 1. The Bertz CT molecular complexity index is 930. The molecule has 0 radical (unpaired) electrons. The molecule has 2 aromatic heterocycles. The maximum absolute atomic E-state index is 12.4. The fourth-order valence-corrected chi connectivity index (χ4v) is 4.24. The molecule has 0 bridgehead atoms. The normalized spacial score (nSPS) is 17.3. The molecule has 1 N–H and O–H groups in total. The summed E-state index contributed by atoms with van der Waals surface area (Å²) < 4.78 is 1.92. The summed E-state index contributed by atoms with van der Waals surface area (Å²) >= 11 is 1.49. The van der Waals surface area contributed by atoms with Crippen molar-refractivity contribution >= 4 is 22.4 Å². The van der Waals surface area contributed by atoms with E-state index in [9.17, 15) is 4.79 Å². The average molecular weight is 382 g/mol. The first-order valence-corrected chi connectivity index (χ1v) is 10.0. The molecular weight excluding hydrogens is 358 g/mol. The van der Waals surface area contributed by atoms with Crippen LogP contribution in [0.15, 0.2) is 41.9 Å². The lowest BCUT2D eigenvalue weighted by molar-refractivity contribution is 0.102. The lowest BCUT2D eigenvalue weighted by Gasteiger charge is -2.22. The molecule has 3 heterocycles. The van der Waals surface area contributed by atoms with Gasteiger partial charge >= 0.3 is 0 Å². The van der Waals surface area contributed by atoms with Crippen molar-refractivity contribution in [1.29, 1.82) is 0 Å². The molecule has 7 heteroatoms. The van der Waals surface area contributed by atoms with Gasteiger partial charge in [-0.3, -0.25) is 19.7 Å². The number of anilines is 1. The number of amides is 1. The van der Waals surface area contributed by atoms with Crippen molar-refractivity contribution in [3.05, 3.63) is 64.4 Å². The highest BCUT2D eigenvalue weighted by molar-refractivity contribution is 7.14. The third-order valence-corrected chi connectivity index (χ3v) is 5.82. The SMILES string of the molecule is Cc1ccc(C(=O)Nc2nc([C@@H]3CCCN3Cc3ccnn3C)cs2)cc1. The van der Waals surface area contributed by atoms with Gasteiger partial charge in [0, 0.05) is 30.7 Å². The third kappa shape index (κ3) is 3.94. The number of aryl methyl sites for hydroxylation is 2. The van der Waals surface area contributed by atoms with E-state index in [2.05, 4.69) is 26.8 Å². The van der Waals surface area contributed by atoms with Gasteiger partial charge in [-0.05, 0) is 44.5 Å². The van der Waals surface area contributed by atoms with Crippen molar-refractivity contribution in [1.82, 2.24) is 19.7 Å². The predicted octanol–water partition coefficient (Wildman–Crippen LogP) is 3.77. The summed E-state index contributed by atoms with van der Waals surface area (Å²) in [7, 11) is 1.97. The molecule has 1 aliphatic rings. The number of likely N-dealkylation sites (tertiary alicyclic amines) is 1. The molecule has 0 aliphatic carbocycles. The minimum Gasteiger partial charge on any atom is -0.298 e. The second-order valence-corrected chi connectivity index (χ2v) is 7.83. The van der Waals surface area contributed by atoms with Gasteiger partial charge in [0.25, 0.3) is 5.91 Å². The van der Waals surface area contributed by atoms with Crippen LogP contribution < -0.4 is 5.32 Å². The van der Waals surface area contributed by atoms with Gasteiger partial charge in [-0.15, -0.1) is 11.3 Å². The largest absolute Gasteiger partial charge is 0.298 e. The molecule has 1 aliphatic heterocycles. The van der Waals surface area contributed by atoms with Crippen LogP contribution in [0.4, 0.5) is 5.13 Å². The monoisotopic (exact) mass is 381 g/mol. The van der Waals surface area contributed by atoms with Crippen LogP contribution in [0.1, 0.15) is 46.2 Å². The van der Waals surface area contributed by atoms with Crippen molar-refractivity contribution < 1.29 is 4.79 Å². The number of aromatic nitrogens is 3. The zero-order valence-corrected chi connectivity index (χ0v) is 16.4. The summed E-state index contributed by atoms with van der Waals surface area (Å²) in [5, 5.41) is 9.91. The molecule has 0 unspecified atom stereocenters. The van der Waals surface area contributed by atoms with Crippen molar-refractivity contribution in [3.8, 4) is 0 Å². The van der Waals surface area contributed by atoms with Crippen LogP contribution in [0, 0.1) is 6.92 Å². The molecule has 0 spiro atoms. The Morgan fingerprint density at radius 1 is 1.30 bits per heavy atom. The lowest BCUT2D eigenvalue weighted by Crippen LogP contribution is -2.24. The average Bonchev–Trinajstić information content (AvgIpc) is 3.38. The van der Waals surface area contributed by atoms with Gasteiger partial charge in [-0.2, -0.15) is 5.10 Å². The van der Waals surface area contributed by atoms with E-state index in [1.807, 2.05) is 49.1 Å². The van der Waals surface area contributed by atoms with Crippen LogP contribution >= 0.6 is 11.3 Å². The van der Waals surface area contributed by atoms with E-state index in [-0.39, 0.29) is 5.91 Å². The molecular formula is C20H23N5OS. The number of carbonyl (C=O) groups excluding carboxylic acids is 1. The number of hydrogen-bond acceptors (Lipinski definition) is 5. The summed E-state index contributed by atoms with van der Waals surface area (Å²) in [5.74, 6) is -0.117. The summed E-state index contributed by atoms with van der Waals surface area (Å²) in [4.78, 5) is 19.5. The smallest absolute Gasteiger partial charge is 0.257 e. The minimum absolute atomic E-state index is 0.117. The lowest BCUT2D eigenvalue weighted by atomic mass is 10.1. The second kappa shape index (κ2) is 7.62. The first-order chi connectivity index (χ1) is 13.1. The second-order valence-electron chi connectivity index (χ2n) is 6.97. The summed E-state index contributed by atoms with van der Waals surface area (Å²) in [6.45, 7) is 3.93. The molecule has 1 fully saturated rings. The minimum atomic E-state index is -0.117. The van der Waals surface area contributed by atoms with Gasteiger partial charge in [0.2, 0.25) is 0 Å². The number of nitrogens with one attached hydrogen (secondary N) is 1. The first kappa shape index (κ1) is 17.9. The zero-order chi connectivity index (χ0) is 18.8. The van der Waals surface area contributed by atoms with Crippen molar-refractivity contribution in [3.63, 3.8) is 0 Å². The van der Waals surface area contributed by atoms with E-state index in [0.717, 1.165) is 37.2 Å². The van der Waals surface area contributed by atoms with Gasteiger partial charge in [-0.1, -0.05) is 17.7 Å². The van der Waals surface area contributed by atoms with E-state index in [1.54, 1.807) is 0 Å². The van der Waals surface area contributed by atoms with E-state index in [4.69, 9.17) is 4.98 Å². The highest BCUT2D eigenvalue weighted by atomic mass is 32.1. The molecule has 3 aromatic rings. The summed E-state index contributed by atoms with van der Waals surface area (Å²) in [5.41, 5.74) is 4.03. The molecule has 1 aromatic carbocycles. The van der Waals surface area contributed by atoms with Crippen LogP contribution in [0.2, 0.25) is 0 Å². The fourth-order valence-electron chi connectivity index (χ4n) is 3.49. The third-order valence-electron chi connectivity index (χ3n) is 5.05. The van der Waals surface area contributed by atoms with Crippen LogP contribution in [-0.4, -0.2) is 32.1 Å². The topological polar surface area (TPSA) is 63.1 Å². The molecule has 0 saturated carbocycles. The Morgan fingerprint density at radius 2 is 2.11 bits per heavy atom. The predicted molar refractivity (Wildman–Crippen MR) is 107 cm³/mol. The molecule has 1 saturated heterocycles. The van der Waals surface area contributed by atoms with E-state index in [1.165, 1.54) is 17.0 Å². The Kier molecular flexibility index (Phi) is 5.05. The van der Waals surface area contributed by atoms with Crippen molar-refractivity contribution in [2.75, 3.05) is 11.9 Å². The molecule has 27 heavy (non-hydrogen) atoms. The highest BCUT2D eigenvalue weighted by Crippen LogP contribution is 2.34. The Balaban J connectivity index is 1.44. The van der Waals surface area contributed by atoms with Gasteiger partial charge in [0.1, 0.15) is 0 Å². The maximum atomic E-state index is 12.4. The summed E-state index contributed by atoms with van der Waals surface area (Å²) in [6, 6.07) is 9.91. The van der Waals surface area contributed by atoms with E-state index in [0.29, 0.717) is 16.7 Å². The number of rotatable bonds is 5. The Hall–Kier alpha value is -2.51. The van der Waals surface area contributed by atoms with Gasteiger partial charge in [0.15, 0.2) is 5.13 Å². The molecule has 6 nitrogen and oxygen atoms in total. The van der Waals surface area contributed by atoms with Gasteiger partial charge < -0.3 is 0 Å². The van der Waals surface area contributed by atoms with Crippen LogP contribution in [0.3, 0.4) is 0 Å². The van der Waals surface area contributed by atoms with Gasteiger partial charge in [0.05, 0.1) is 17.4 Å². The Morgan fingerprint density at radius 3 is 2.85 bits per heavy atom. The number of hydrogen-bond donors (Lipinski definition) is 1. The quantitative estimate of drug-likeness (QED) is 0.731. The van der Waals surface area contributed by atoms with E-state index >= 15 is 0 Å². The highest BCUT2D eigenvalue weighted by Gasteiger charge is 2.28. The van der Waals surface area contributed by atoms with Crippen LogP contribution in [0.5, 0.6) is 0 Å². The van der Waals surface area contributed by atoms with Gasteiger partial charge in [-0.25, -0.2) is 4.98 Å². The number of benzene rings is 1. The van der Waals surface area contributed by atoms with Crippen molar-refractivity contribution in [2.45, 2.75) is 32.4 Å². The van der Waals surface area contributed by atoms with Crippen LogP contribution in [-0.2, 0) is 13.6 Å². The van der Waals surface area contributed by atoms with E-state index < -0.39 is 0 Å². The molecule has 1 amide bonds. The standard InChI is InChI=1S/C20H23N5OS/c1-14-5-7-15(8-6-14)19(26)23-20-22-17(13-27-20)18-4-3-11-25(18)12-16-9-10-21-24(16)2/h5-10,13,18H,3-4,11-12H2,1-2H3,(H,22,23,26)/t18-/m0/s1. The zero-order valence-electron chi connectivity index (χ0n) is 15.6. The number of nitrogens with zero attached hydrogens (tertiary/aromatic N) is 4. The first-order valence-electron chi connectivity index (χ1n) is 9.14. The summed E-state index contributed by atoms with van der Waals surface area (Å²) in [6.07, 6.45) is 4.08. The molecule has 140 valence electrons. The molecule has 4 rings (SSSR count).